The first-order valence-electron chi connectivity index (χ1n) is 5.33. The average Bonchev–Trinajstić information content (AvgIpc) is 2.72. The topological polar surface area (TPSA) is 58.2 Å². The third kappa shape index (κ3) is 2.12. The van der Waals surface area contributed by atoms with Crippen molar-refractivity contribution in [1.29, 1.82) is 0 Å². The van der Waals surface area contributed by atoms with E-state index in [-0.39, 0.29) is 17.9 Å². The van der Waals surface area contributed by atoms with E-state index in [2.05, 4.69) is 10.6 Å². The lowest BCUT2D eigenvalue weighted by Gasteiger charge is -2.13. The highest BCUT2D eigenvalue weighted by atomic mass is 16.2. The number of carbonyl (C=O) groups is 2. The van der Waals surface area contributed by atoms with Crippen molar-refractivity contribution in [2.24, 2.45) is 5.92 Å². The SMILES string of the molecule is O=C1CC(NCC2CCCC2)C(=O)N1. The standard InChI is InChI=1S/C10H16N2O2/c13-9-5-8(10(14)12-9)11-6-7-3-1-2-4-7/h7-8,11H,1-6H2,(H,12,13,14). The van der Waals surface area contributed by atoms with Crippen LogP contribution in [0.4, 0.5) is 0 Å². The lowest BCUT2D eigenvalue weighted by molar-refractivity contribution is -0.125. The predicted molar refractivity (Wildman–Crippen MR) is 51.5 cm³/mol. The molecular formula is C10H16N2O2. The summed E-state index contributed by atoms with van der Waals surface area (Å²) in [4.78, 5) is 22.1. The summed E-state index contributed by atoms with van der Waals surface area (Å²) in [5.74, 6) is 0.394. The molecule has 1 aliphatic heterocycles. The Kier molecular flexibility index (Phi) is 2.82. The van der Waals surface area contributed by atoms with E-state index in [0.717, 1.165) is 6.54 Å². The maximum atomic E-state index is 11.2. The van der Waals surface area contributed by atoms with Crippen LogP contribution in [0.25, 0.3) is 0 Å². The van der Waals surface area contributed by atoms with Crippen LogP contribution in [-0.4, -0.2) is 24.4 Å². The predicted octanol–water partition coefficient (Wildman–Crippen LogP) is 0.181. The number of nitrogens with one attached hydrogen (secondary N) is 2. The summed E-state index contributed by atoms with van der Waals surface area (Å²) in [6.45, 7) is 0.880. The molecule has 1 unspecified atom stereocenters. The normalized spacial score (nSPS) is 28.4. The molecule has 0 aromatic carbocycles. The molecule has 1 heterocycles. The van der Waals surface area contributed by atoms with Gasteiger partial charge in [-0.2, -0.15) is 0 Å². The van der Waals surface area contributed by atoms with Crippen LogP contribution in [0.1, 0.15) is 32.1 Å². The van der Waals surface area contributed by atoms with Gasteiger partial charge in [-0.25, -0.2) is 0 Å². The van der Waals surface area contributed by atoms with Crippen molar-refractivity contribution in [2.75, 3.05) is 6.54 Å². The molecule has 2 amide bonds. The quantitative estimate of drug-likeness (QED) is 0.633. The Labute approximate surface area is 83.4 Å². The highest BCUT2D eigenvalue weighted by molar-refractivity contribution is 6.05. The van der Waals surface area contributed by atoms with Crippen molar-refractivity contribution in [1.82, 2.24) is 10.6 Å². The number of imide groups is 1. The average molecular weight is 196 g/mol. The van der Waals surface area contributed by atoms with Crippen LogP contribution in [0.5, 0.6) is 0 Å². The van der Waals surface area contributed by atoms with Crippen LogP contribution in [0.3, 0.4) is 0 Å². The largest absolute Gasteiger partial charge is 0.305 e. The summed E-state index contributed by atoms with van der Waals surface area (Å²) in [6.07, 6.45) is 5.44. The molecule has 2 fully saturated rings. The van der Waals surface area contributed by atoms with Gasteiger partial charge in [0.05, 0.1) is 12.5 Å². The van der Waals surface area contributed by atoms with E-state index >= 15 is 0 Å². The molecule has 0 aromatic rings. The second-order valence-corrected chi connectivity index (χ2v) is 4.23. The maximum absolute atomic E-state index is 11.2. The number of amides is 2. The van der Waals surface area contributed by atoms with Crippen molar-refractivity contribution in [2.45, 2.75) is 38.1 Å². The van der Waals surface area contributed by atoms with Crippen molar-refractivity contribution < 1.29 is 9.59 Å². The Morgan fingerprint density at radius 3 is 2.57 bits per heavy atom. The second kappa shape index (κ2) is 4.09. The molecule has 14 heavy (non-hydrogen) atoms. The van der Waals surface area contributed by atoms with Gasteiger partial charge in [-0.15, -0.1) is 0 Å². The molecule has 0 bridgehead atoms. The summed E-state index contributed by atoms with van der Waals surface area (Å²) in [7, 11) is 0. The van der Waals surface area contributed by atoms with Crippen molar-refractivity contribution in [3.8, 4) is 0 Å². The molecular weight excluding hydrogens is 180 g/mol. The van der Waals surface area contributed by atoms with Crippen LogP contribution in [-0.2, 0) is 9.59 Å². The highest BCUT2D eigenvalue weighted by Gasteiger charge is 2.30. The number of hydrogen-bond donors (Lipinski definition) is 2. The fourth-order valence-corrected chi connectivity index (χ4v) is 2.24. The lowest BCUT2D eigenvalue weighted by Crippen LogP contribution is -2.38. The van der Waals surface area contributed by atoms with Crippen LogP contribution < -0.4 is 10.6 Å². The molecule has 2 N–H and O–H groups in total. The summed E-state index contributed by atoms with van der Waals surface area (Å²) >= 11 is 0. The van der Waals surface area contributed by atoms with E-state index in [4.69, 9.17) is 0 Å². The molecule has 1 aliphatic carbocycles. The Hall–Kier alpha value is -0.900. The molecule has 78 valence electrons. The number of carbonyl (C=O) groups excluding carboxylic acids is 2. The Balaban J connectivity index is 1.74. The molecule has 0 spiro atoms. The van der Waals surface area contributed by atoms with Gasteiger partial charge < -0.3 is 5.32 Å². The molecule has 1 atom stereocenters. The van der Waals surface area contributed by atoms with Gasteiger partial charge in [-0.1, -0.05) is 12.8 Å². The molecule has 2 aliphatic rings. The zero-order chi connectivity index (χ0) is 9.97. The molecule has 4 nitrogen and oxygen atoms in total. The van der Waals surface area contributed by atoms with Crippen LogP contribution in [0.15, 0.2) is 0 Å². The molecule has 4 heteroatoms. The minimum atomic E-state index is -0.275. The van der Waals surface area contributed by atoms with Gasteiger partial charge >= 0.3 is 0 Å². The second-order valence-electron chi connectivity index (χ2n) is 4.23. The number of rotatable bonds is 3. The number of hydrogen-bond acceptors (Lipinski definition) is 3. The van der Waals surface area contributed by atoms with Crippen LogP contribution in [0, 0.1) is 5.92 Å². The summed E-state index contributed by atoms with van der Waals surface area (Å²) in [6, 6.07) is -0.275. The van der Waals surface area contributed by atoms with Crippen LogP contribution >= 0.6 is 0 Å². The monoisotopic (exact) mass is 196 g/mol. The smallest absolute Gasteiger partial charge is 0.244 e. The minimum absolute atomic E-state index is 0.154. The highest BCUT2D eigenvalue weighted by Crippen LogP contribution is 2.24. The van der Waals surface area contributed by atoms with E-state index < -0.39 is 0 Å². The zero-order valence-corrected chi connectivity index (χ0v) is 8.21. The van der Waals surface area contributed by atoms with E-state index in [0.29, 0.717) is 12.3 Å². The Morgan fingerprint density at radius 2 is 2.00 bits per heavy atom. The van der Waals surface area contributed by atoms with Gasteiger partial charge in [0.25, 0.3) is 0 Å². The lowest BCUT2D eigenvalue weighted by atomic mass is 10.1. The van der Waals surface area contributed by atoms with Crippen LogP contribution in [0.2, 0.25) is 0 Å². The maximum Gasteiger partial charge on any atom is 0.244 e. The van der Waals surface area contributed by atoms with E-state index in [1.54, 1.807) is 0 Å². The molecule has 1 saturated heterocycles. The van der Waals surface area contributed by atoms with Gasteiger partial charge in [0, 0.05) is 0 Å². The Bertz CT molecular complexity index is 247. The third-order valence-electron chi connectivity index (χ3n) is 3.10. The van der Waals surface area contributed by atoms with Crippen molar-refractivity contribution in [3.63, 3.8) is 0 Å². The third-order valence-corrected chi connectivity index (χ3v) is 3.10. The van der Waals surface area contributed by atoms with Gasteiger partial charge in [-0.3, -0.25) is 14.9 Å². The first-order chi connectivity index (χ1) is 6.75. The van der Waals surface area contributed by atoms with E-state index in [9.17, 15) is 9.59 Å². The first kappa shape index (κ1) is 9.65. The van der Waals surface area contributed by atoms with Gasteiger partial charge in [0.1, 0.15) is 0 Å². The summed E-state index contributed by atoms with van der Waals surface area (Å²) < 4.78 is 0. The summed E-state index contributed by atoms with van der Waals surface area (Å²) in [5.41, 5.74) is 0. The fraction of sp³-hybridized carbons (Fsp3) is 0.800. The van der Waals surface area contributed by atoms with Gasteiger partial charge in [0.15, 0.2) is 0 Å². The minimum Gasteiger partial charge on any atom is -0.305 e. The molecule has 2 rings (SSSR count). The zero-order valence-electron chi connectivity index (χ0n) is 8.21. The van der Waals surface area contributed by atoms with Gasteiger partial charge in [0.2, 0.25) is 11.8 Å². The first-order valence-corrected chi connectivity index (χ1v) is 5.33. The van der Waals surface area contributed by atoms with E-state index in [1.165, 1.54) is 25.7 Å². The fourth-order valence-electron chi connectivity index (χ4n) is 2.24. The van der Waals surface area contributed by atoms with Crippen molar-refractivity contribution >= 4 is 11.8 Å². The molecule has 0 radical (unpaired) electrons. The summed E-state index contributed by atoms with van der Waals surface area (Å²) in [5, 5.41) is 5.47. The van der Waals surface area contributed by atoms with E-state index in [1.807, 2.05) is 0 Å². The molecule has 1 saturated carbocycles. The molecule has 0 aromatic heterocycles. The Morgan fingerprint density at radius 1 is 1.29 bits per heavy atom. The van der Waals surface area contributed by atoms with Crippen molar-refractivity contribution in [3.05, 3.63) is 0 Å². The van der Waals surface area contributed by atoms with Gasteiger partial charge in [-0.05, 0) is 25.3 Å².